The van der Waals surface area contributed by atoms with Crippen molar-refractivity contribution in [1.29, 1.82) is 0 Å². The molecular formula is C15H11Cl3O3. The summed E-state index contributed by atoms with van der Waals surface area (Å²) >= 11 is 17.8. The Balaban J connectivity index is 2.20. The van der Waals surface area contributed by atoms with E-state index in [1.165, 1.54) is 0 Å². The van der Waals surface area contributed by atoms with Gasteiger partial charge in [-0.1, -0.05) is 53.0 Å². The first kappa shape index (κ1) is 16.0. The number of hydrogen-bond donors (Lipinski definition) is 1. The first-order chi connectivity index (χ1) is 9.97. The Morgan fingerprint density at radius 1 is 1.14 bits per heavy atom. The number of ether oxygens (including phenoxy) is 1. The Labute approximate surface area is 137 Å². The van der Waals surface area contributed by atoms with Gasteiger partial charge in [0.2, 0.25) is 0 Å². The Bertz CT molecular complexity index is 658. The summed E-state index contributed by atoms with van der Waals surface area (Å²) in [7, 11) is 0. The maximum Gasteiger partial charge on any atom is 0.345 e. The fourth-order valence-corrected chi connectivity index (χ4v) is 2.37. The summed E-state index contributed by atoms with van der Waals surface area (Å²) in [4.78, 5) is 11.4. The minimum Gasteiger partial charge on any atom is -0.478 e. The van der Waals surface area contributed by atoms with Crippen LogP contribution in [0.1, 0.15) is 5.56 Å². The third kappa shape index (κ3) is 4.27. The van der Waals surface area contributed by atoms with Gasteiger partial charge >= 0.3 is 5.97 Å². The van der Waals surface area contributed by atoms with E-state index in [2.05, 4.69) is 0 Å². The second-order valence-corrected chi connectivity index (χ2v) is 5.54. The fraction of sp³-hybridized carbons (Fsp3) is 0.133. The second-order valence-electron chi connectivity index (χ2n) is 4.32. The number of aliphatic carboxylic acids is 1. The maximum atomic E-state index is 11.4. The minimum atomic E-state index is -1.09. The Morgan fingerprint density at radius 3 is 2.52 bits per heavy atom. The van der Waals surface area contributed by atoms with E-state index in [1.54, 1.807) is 42.5 Å². The predicted molar refractivity (Wildman–Crippen MR) is 83.7 cm³/mol. The second kappa shape index (κ2) is 7.03. The largest absolute Gasteiger partial charge is 0.478 e. The summed E-state index contributed by atoms with van der Waals surface area (Å²) in [5.41, 5.74) is 0.610. The number of hydrogen-bond acceptors (Lipinski definition) is 2. The highest BCUT2D eigenvalue weighted by molar-refractivity contribution is 6.42. The predicted octanol–water partition coefficient (Wildman–Crippen LogP) is 4.72. The van der Waals surface area contributed by atoms with E-state index in [0.29, 0.717) is 26.4 Å². The van der Waals surface area contributed by atoms with E-state index < -0.39 is 12.1 Å². The van der Waals surface area contributed by atoms with Crippen molar-refractivity contribution in [2.75, 3.05) is 0 Å². The van der Waals surface area contributed by atoms with E-state index in [4.69, 9.17) is 39.5 Å². The van der Waals surface area contributed by atoms with Crippen LogP contribution in [0, 0.1) is 0 Å². The van der Waals surface area contributed by atoms with Crippen molar-refractivity contribution in [3.8, 4) is 5.75 Å². The van der Waals surface area contributed by atoms with Crippen LogP contribution in [0.15, 0.2) is 42.5 Å². The molecule has 0 heterocycles. The lowest BCUT2D eigenvalue weighted by atomic mass is 10.1. The molecule has 0 aliphatic carbocycles. The Hall–Kier alpha value is -1.42. The highest BCUT2D eigenvalue weighted by Crippen LogP contribution is 2.27. The number of carbonyl (C=O) groups is 1. The molecule has 0 aliphatic heterocycles. The van der Waals surface area contributed by atoms with Gasteiger partial charge in [-0.15, -0.1) is 0 Å². The molecule has 0 aliphatic rings. The third-order valence-corrected chi connectivity index (χ3v) is 3.88. The average molecular weight is 346 g/mol. The summed E-state index contributed by atoms with van der Waals surface area (Å²) in [5, 5.41) is 10.5. The van der Waals surface area contributed by atoms with Crippen molar-refractivity contribution in [1.82, 2.24) is 0 Å². The zero-order valence-corrected chi connectivity index (χ0v) is 13.0. The van der Waals surface area contributed by atoms with Crippen LogP contribution in [-0.2, 0) is 11.2 Å². The molecule has 0 radical (unpaired) electrons. The summed E-state index contributed by atoms with van der Waals surface area (Å²) < 4.78 is 5.47. The number of rotatable bonds is 5. The Morgan fingerprint density at radius 2 is 1.86 bits per heavy atom. The van der Waals surface area contributed by atoms with Crippen LogP contribution in [0.25, 0.3) is 0 Å². The molecule has 0 unspecified atom stereocenters. The molecule has 2 aromatic rings. The molecule has 0 amide bonds. The molecule has 0 bridgehead atoms. The minimum absolute atomic E-state index is 0.0985. The monoisotopic (exact) mass is 344 g/mol. The van der Waals surface area contributed by atoms with Crippen LogP contribution < -0.4 is 4.74 Å². The van der Waals surface area contributed by atoms with Crippen LogP contribution >= 0.6 is 34.8 Å². The van der Waals surface area contributed by atoms with Gasteiger partial charge in [-0.3, -0.25) is 0 Å². The van der Waals surface area contributed by atoms with Crippen molar-refractivity contribution in [3.63, 3.8) is 0 Å². The van der Waals surface area contributed by atoms with Crippen LogP contribution in [-0.4, -0.2) is 17.2 Å². The van der Waals surface area contributed by atoms with Gasteiger partial charge in [0, 0.05) is 11.4 Å². The molecule has 2 rings (SSSR count). The molecule has 6 heteroatoms. The van der Waals surface area contributed by atoms with Crippen molar-refractivity contribution in [2.45, 2.75) is 12.5 Å². The van der Waals surface area contributed by atoms with Gasteiger partial charge in [0.25, 0.3) is 0 Å². The van der Waals surface area contributed by atoms with Crippen molar-refractivity contribution >= 4 is 40.8 Å². The number of halogens is 3. The van der Waals surface area contributed by atoms with E-state index in [1.807, 2.05) is 0 Å². The lowest BCUT2D eigenvalue weighted by Crippen LogP contribution is -2.29. The van der Waals surface area contributed by atoms with E-state index >= 15 is 0 Å². The zero-order chi connectivity index (χ0) is 15.4. The molecule has 0 aromatic heterocycles. The summed E-state index contributed by atoms with van der Waals surface area (Å²) in [6.07, 6.45) is -0.985. The molecule has 0 fully saturated rings. The maximum absolute atomic E-state index is 11.4. The number of carboxylic acid groups (broad SMARTS) is 1. The molecule has 0 saturated heterocycles. The van der Waals surface area contributed by atoms with Crippen LogP contribution in [0.2, 0.25) is 15.1 Å². The van der Waals surface area contributed by atoms with Crippen molar-refractivity contribution in [3.05, 3.63) is 63.1 Å². The topological polar surface area (TPSA) is 46.5 Å². The first-order valence-electron chi connectivity index (χ1n) is 6.05. The van der Waals surface area contributed by atoms with E-state index in [0.717, 1.165) is 0 Å². The summed E-state index contributed by atoms with van der Waals surface area (Å²) in [5.74, 6) is -0.709. The lowest BCUT2D eigenvalue weighted by molar-refractivity contribution is -0.145. The smallest absolute Gasteiger partial charge is 0.345 e. The summed E-state index contributed by atoms with van der Waals surface area (Å²) in [6, 6.07) is 11.6. The van der Waals surface area contributed by atoms with Crippen LogP contribution in [0.3, 0.4) is 0 Å². The average Bonchev–Trinajstić information content (AvgIpc) is 2.43. The fourth-order valence-electron chi connectivity index (χ4n) is 1.79. The SMILES string of the molecule is O=C(O)[C@@H](Cc1cccc(Cl)c1Cl)Oc1cccc(Cl)c1. The molecule has 0 saturated carbocycles. The van der Waals surface area contributed by atoms with Gasteiger partial charge < -0.3 is 9.84 Å². The van der Waals surface area contributed by atoms with Crippen molar-refractivity contribution in [2.24, 2.45) is 0 Å². The van der Waals surface area contributed by atoms with E-state index in [-0.39, 0.29) is 6.42 Å². The standard InChI is InChI=1S/C15H11Cl3O3/c16-10-4-2-5-11(8-10)21-13(15(19)20)7-9-3-1-6-12(17)14(9)18/h1-6,8,13H,7H2,(H,19,20)/t13-/m1/s1. The highest BCUT2D eigenvalue weighted by atomic mass is 35.5. The first-order valence-corrected chi connectivity index (χ1v) is 7.18. The Kier molecular flexibility index (Phi) is 5.34. The molecule has 1 atom stereocenters. The zero-order valence-electron chi connectivity index (χ0n) is 10.7. The number of carboxylic acids is 1. The van der Waals surface area contributed by atoms with Gasteiger partial charge in [-0.05, 0) is 29.8 Å². The van der Waals surface area contributed by atoms with Crippen LogP contribution in [0.4, 0.5) is 0 Å². The quantitative estimate of drug-likeness (QED) is 0.852. The molecule has 3 nitrogen and oxygen atoms in total. The molecule has 2 aromatic carbocycles. The molecule has 1 N–H and O–H groups in total. The van der Waals surface area contributed by atoms with Gasteiger partial charge in [-0.25, -0.2) is 4.79 Å². The van der Waals surface area contributed by atoms with Gasteiger partial charge in [0.15, 0.2) is 6.10 Å². The highest BCUT2D eigenvalue weighted by Gasteiger charge is 2.22. The van der Waals surface area contributed by atoms with Crippen molar-refractivity contribution < 1.29 is 14.6 Å². The molecule has 110 valence electrons. The normalized spacial score (nSPS) is 12.0. The van der Waals surface area contributed by atoms with Gasteiger partial charge in [-0.2, -0.15) is 0 Å². The van der Waals surface area contributed by atoms with Crippen LogP contribution in [0.5, 0.6) is 5.75 Å². The molecule has 0 spiro atoms. The third-order valence-electron chi connectivity index (χ3n) is 2.79. The summed E-state index contributed by atoms with van der Waals surface area (Å²) in [6.45, 7) is 0. The number of benzene rings is 2. The molecule has 21 heavy (non-hydrogen) atoms. The van der Waals surface area contributed by atoms with Gasteiger partial charge in [0.05, 0.1) is 10.0 Å². The van der Waals surface area contributed by atoms with E-state index in [9.17, 15) is 9.90 Å². The lowest BCUT2D eigenvalue weighted by Gasteiger charge is -2.16. The van der Waals surface area contributed by atoms with Gasteiger partial charge in [0.1, 0.15) is 5.75 Å². The molecular weight excluding hydrogens is 335 g/mol.